The number of carbonyl (C=O) groups excluding carboxylic acids is 10. The number of nitrogens with zero attached hydrogens (tertiary/aromatic N) is 9. The molecule has 0 aromatic heterocycles. The second kappa shape index (κ2) is 39.9. The maximum absolute atomic E-state index is 14.5. The summed E-state index contributed by atoms with van der Waals surface area (Å²) in [5, 5.41) is 45.2. The zero-order chi connectivity index (χ0) is 62.6. The molecule has 7 N–H and O–H groups in total. The van der Waals surface area contributed by atoms with Crippen molar-refractivity contribution in [3.05, 3.63) is 0 Å². The molecule has 25 nitrogen and oxygen atoms in total. The van der Waals surface area contributed by atoms with Crippen molar-refractivity contribution in [3.63, 3.8) is 0 Å². The van der Waals surface area contributed by atoms with Crippen molar-refractivity contribution >= 4 is 59.1 Å². The minimum Gasteiger partial charge on any atom is -0.392 e. The number of primary amides is 1. The summed E-state index contributed by atoms with van der Waals surface area (Å²) >= 11 is 0. The normalized spacial score (nSPS) is 14.8. The van der Waals surface area contributed by atoms with Crippen molar-refractivity contribution in [2.75, 3.05) is 91.6 Å². The first kappa shape index (κ1) is 78.6. The van der Waals surface area contributed by atoms with Crippen molar-refractivity contribution in [1.82, 2.24) is 49.4 Å². The third-order valence-electron chi connectivity index (χ3n) is 14.6. The van der Waals surface area contributed by atoms with Gasteiger partial charge in [-0.3, -0.25) is 47.9 Å². The van der Waals surface area contributed by atoms with E-state index in [4.69, 9.17) is 5.73 Å². The fourth-order valence-electron chi connectivity index (χ4n) is 8.52. The highest BCUT2D eigenvalue weighted by Gasteiger charge is 2.35. The Morgan fingerprint density at radius 1 is 0.329 bits per heavy atom. The fourth-order valence-corrected chi connectivity index (χ4v) is 8.52. The molecule has 82 heavy (non-hydrogen) atoms. The zero-order valence-corrected chi connectivity index (χ0v) is 51.9. The van der Waals surface area contributed by atoms with E-state index in [1.165, 1.54) is 52.2 Å². The minimum absolute atomic E-state index is 0. The van der Waals surface area contributed by atoms with Gasteiger partial charge in [-0.25, -0.2) is 0 Å². The number of nitrogens with two attached hydrogens (primary N) is 1. The van der Waals surface area contributed by atoms with Gasteiger partial charge in [-0.15, -0.1) is 0 Å². The molecule has 0 fully saturated rings. The molecule has 10 atom stereocenters. The van der Waals surface area contributed by atoms with Crippen LogP contribution in [0.25, 0.3) is 0 Å². The Morgan fingerprint density at radius 2 is 0.537 bits per heavy atom. The first-order valence-corrected chi connectivity index (χ1v) is 29.1. The standard InChI is InChI=1S/C56H105N11O14.CH4/c1-17-37(7)58-23-48(73)64(39(9)19-3)33-51(76)59(24-43(13)68)29-49(74)62(27-46(16)71)32-54(79)67(42(12)22-6)36-56(81)65(40(10)20-4)34-52(77)60(25-44(14)69)30-50(75)61(26-45(15)70)31-53(78)66(41(11)21-5)35-55(80)63(28-47(57)72)38(8)18-2;/h37-46,58,68-71H,17-36H2,1-16H3,(H2,57,72);1H4/t37-,38-,39-,40-,41-,42-,43+,44+,45-,46-;/m0./s1. The van der Waals surface area contributed by atoms with Crippen LogP contribution in [0.2, 0.25) is 0 Å². The Morgan fingerprint density at radius 3 is 0.768 bits per heavy atom. The average Bonchev–Trinajstić information content (AvgIpc) is 3.39. The Kier molecular flexibility index (Phi) is 38.2. The highest BCUT2D eigenvalue weighted by atomic mass is 16.3. The third kappa shape index (κ3) is 28.2. The van der Waals surface area contributed by atoms with Crippen LogP contribution in [0.3, 0.4) is 0 Å². The second-order valence-electron chi connectivity index (χ2n) is 22.0. The van der Waals surface area contributed by atoms with Gasteiger partial charge in [0.1, 0.15) is 26.2 Å². The van der Waals surface area contributed by atoms with Gasteiger partial charge in [-0.05, 0) is 108 Å². The van der Waals surface area contributed by atoms with Gasteiger partial charge in [0.15, 0.2) is 0 Å². The maximum Gasteiger partial charge on any atom is 0.242 e. The molecule has 0 radical (unpaired) electrons. The van der Waals surface area contributed by atoms with E-state index in [1.807, 2.05) is 27.7 Å². The Balaban J connectivity index is 0. The van der Waals surface area contributed by atoms with Gasteiger partial charge in [-0.1, -0.05) is 49.0 Å². The number of nitrogens with one attached hydrogen (secondary N) is 1. The monoisotopic (exact) mass is 1170 g/mol. The van der Waals surface area contributed by atoms with Crippen LogP contribution >= 0.6 is 0 Å². The summed E-state index contributed by atoms with van der Waals surface area (Å²) < 4.78 is 0. The topological polar surface area (TPSA) is 319 Å². The van der Waals surface area contributed by atoms with Crippen molar-refractivity contribution in [1.29, 1.82) is 0 Å². The third-order valence-corrected chi connectivity index (χ3v) is 14.6. The maximum atomic E-state index is 14.5. The summed E-state index contributed by atoms with van der Waals surface area (Å²) in [6.07, 6.45) is -1.60. The molecule has 0 bridgehead atoms. The predicted octanol–water partition coefficient (Wildman–Crippen LogP) is 0.469. The molecule has 0 heterocycles. The molecule has 0 aliphatic carbocycles. The number of hydrogen-bond acceptors (Lipinski definition) is 15. The molecule has 10 amide bonds. The van der Waals surface area contributed by atoms with Gasteiger partial charge in [0.25, 0.3) is 0 Å². The number of aliphatic hydroxyl groups is 4. The fraction of sp³-hybridized carbons (Fsp3) is 0.825. The molecule has 25 heteroatoms. The summed E-state index contributed by atoms with van der Waals surface area (Å²) in [6, 6.07) is -2.37. The lowest BCUT2D eigenvalue weighted by atomic mass is 10.1. The number of amides is 10. The van der Waals surface area contributed by atoms with Crippen LogP contribution in [0.4, 0.5) is 0 Å². The van der Waals surface area contributed by atoms with E-state index in [2.05, 4.69) is 5.32 Å². The van der Waals surface area contributed by atoms with Crippen molar-refractivity contribution in [2.45, 2.75) is 217 Å². The van der Waals surface area contributed by atoms with E-state index in [0.717, 1.165) is 26.0 Å². The van der Waals surface area contributed by atoms with Crippen LogP contribution in [0.5, 0.6) is 0 Å². The highest BCUT2D eigenvalue weighted by Crippen LogP contribution is 2.15. The van der Waals surface area contributed by atoms with E-state index in [-0.39, 0.29) is 77.3 Å². The number of carbonyl (C=O) groups is 10. The Bertz CT molecular complexity index is 2010. The van der Waals surface area contributed by atoms with Gasteiger partial charge >= 0.3 is 0 Å². The van der Waals surface area contributed by atoms with Crippen molar-refractivity contribution in [3.8, 4) is 0 Å². The number of rotatable bonds is 40. The first-order chi connectivity index (χ1) is 37.7. The van der Waals surface area contributed by atoms with Crippen LogP contribution in [0.15, 0.2) is 0 Å². The summed E-state index contributed by atoms with van der Waals surface area (Å²) in [7, 11) is 0. The smallest absolute Gasteiger partial charge is 0.242 e. The quantitative estimate of drug-likeness (QED) is 0.0486. The second-order valence-corrected chi connectivity index (χ2v) is 22.0. The van der Waals surface area contributed by atoms with E-state index < -0.39 is 142 Å². The van der Waals surface area contributed by atoms with Gasteiger partial charge in [0.05, 0.1) is 63.7 Å². The molecule has 0 rings (SSSR count). The number of aliphatic hydroxyl groups excluding tert-OH is 4. The Hall–Kier alpha value is -5.50. The van der Waals surface area contributed by atoms with E-state index in [1.54, 1.807) is 55.4 Å². The molecule has 0 aliphatic heterocycles. The molecular formula is C57H109N11O14. The van der Waals surface area contributed by atoms with Crippen molar-refractivity contribution in [2.24, 2.45) is 5.73 Å². The molecule has 0 spiro atoms. The average molecular weight is 1170 g/mol. The van der Waals surface area contributed by atoms with E-state index in [9.17, 15) is 68.4 Å². The van der Waals surface area contributed by atoms with Crippen molar-refractivity contribution < 1.29 is 68.4 Å². The van der Waals surface area contributed by atoms with Crippen LogP contribution in [0.1, 0.15) is 157 Å². The van der Waals surface area contributed by atoms with Crippen LogP contribution < -0.4 is 11.1 Å². The predicted molar refractivity (Wildman–Crippen MR) is 314 cm³/mol. The summed E-state index contributed by atoms with van der Waals surface area (Å²) in [5.74, 6) is -6.53. The molecule has 0 aromatic rings. The minimum atomic E-state index is -1.17. The van der Waals surface area contributed by atoms with E-state index in [0.29, 0.717) is 32.1 Å². The Labute approximate surface area is 490 Å². The van der Waals surface area contributed by atoms with Gasteiger partial charge < -0.3 is 75.6 Å². The van der Waals surface area contributed by atoms with Gasteiger partial charge in [0.2, 0.25) is 59.1 Å². The molecule has 476 valence electrons. The largest absolute Gasteiger partial charge is 0.392 e. The molecule has 0 saturated heterocycles. The van der Waals surface area contributed by atoms with Crippen LogP contribution in [0, 0.1) is 0 Å². The van der Waals surface area contributed by atoms with E-state index >= 15 is 0 Å². The molecule has 0 aliphatic rings. The summed E-state index contributed by atoms with van der Waals surface area (Å²) in [5.41, 5.74) is 5.44. The number of hydrogen-bond donors (Lipinski definition) is 6. The lowest BCUT2D eigenvalue weighted by molar-refractivity contribution is -0.152. The molecule has 0 unspecified atom stereocenters. The lowest BCUT2D eigenvalue weighted by Crippen LogP contribution is -2.56. The van der Waals surface area contributed by atoms with Crippen LogP contribution in [-0.4, -0.2) is 276 Å². The first-order valence-electron chi connectivity index (χ1n) is 29.1. The van der Waals surface area contributed by atoms with Gasteiger partial charge in [0, 0.05) is 62.4 Å². The van der Waals surface area contributed by atoms with Crippen LogP contribution in [-0.2, 0) is 47.9 Å². The highest BCUT2D eigenvalue weighted by molar-refractivity contribution is 5.94. The molecule has 0 aromatic carbocycles. The lowest BCUT2D eigenvalue weighted by Gasteiger charge is -2.36. The zero-order valence-electron chi connectivity index (χ0n) is 51.9. The summed E-state index contributed by atoms with van der Waals surface area (Å²) in [6.45, 7) is 21.0. The van der Waals surface area contributed by atoms with Gasteiger partial charge in [-0.2, -0.15) is 0 Å². The SMILES string of the molecule is C.CC[C@H](C)NCC(=O)N(CC(=O)N(CC(=O)N(CC(=O)N(CC(=O)N(CC(=O)N(CC(=O)N(CC(=O)N(CC(=O)N(CC(N)=O)[C@@H](C)CC)[C@@H](C)CC)C[C@H](C)O)C[C@@H](C)O)[C@@H](C)CC)[C@@H](C)CC)C[C@H](C)O)C[C@@H](C)O)[C@@H](C)CC. The molecular weight excluding hydrogens is 1060 g/mol. The molecule has 0 saturated carbocycles. The summed E-state index contributed by atoms with van der Waals surface area (Å²) in [4.78, 5) is 149.